The number of benzene rings is 1. The lowest BCUT2D eigenvalue weighted by Crippen LogP contribution is -2.49. The van der Waals surface area contributed by atoms with Gasteiger partial charge in [-0.15, -0.1) is 11.8 Å². The van der Waals surface area contributed by atoms with Crippen LogP contribution in [0.1, 0.15) is 20.8 Å². The summed E-state index contributed by atoms with van der Waals surface area (Å²) >= 11 is 1.48. The van der Waals surface area contributed by atoms with Gasteiger partial charge in [-0.25, -0.2) is 0 Å². The Morgan fingerprint density at radius 2 is 1.96 bits per heavy atom. The first-order valence-electron chi connectivity index (χ1n) is 7.48. The van der Waals surface area contributed by atoms with Gasteiger partial charge in [0, 0.05) is 5.75 Å². The highest BCUT2D eigenvalue weighted by Gasteiger charge is 2.29. The number of carbonyl (C=O) groups is 1. The molecule has 0 bridgehead atoms. The first-order chi connectivity index (χ1) is 10.9. The Hall–Kier alpha value is -1.87. The highest BCUT2D eigenvalue weighted by atomic mass is 32.2. The Bertz CT molecular complexity index is 540. The average molecular weight is 336 g/mol. The lowest BCUT2D eigenvalue weighted by molar-refractivity contribution is -0.120. The van der Waals surface area contributed by atoms with E-state index in [-0.39, 0.29) is 11.8 Å². The van der Waals surface area contributed by atoms with Crippen LogP contribution in [-0.2, 0) is 4.79 Å². The molecule has 0 saturated carbocycles. The number of hydrogen-bond acceptors (Lipinski definition) is 5. The molecule has 1 rings (SSSR count). The summed E-state index contributed by atoms with van der Waals surface area (Å²) in [4.78, 5) is 11.9. The Kier molecular flexibility index (Phi) is 7.76. The van der Waals surface area contributed by atoms with Gasteiger partial charge in [-0.2, -0.15) is 5.26 Å². The van der Waals surface area contributed by atoms with E-state index in [2.05, 4.69) is 11.4 Å². The second kappa shape index (κ2) is 9.31. The van der Waals surface area contributed by atoms with Crippen molar-refractivity contribution in [3.8, 4) is 17.6 Å². The Labute approximate surface area is 142 Å². The van der Waals surface area contributed by atoms with E-state index in [1.165, 1.54) is 11.8 Å². The largest absolute Gasteiger partial charge is 0.497 e. The predicted octanol–water partition coefficient (Wildman–Crippen LogP) is 2.86. The molecule has 1 aromatic carbocycles. The van der Waals surface area contributed by atoms with Crippen LogP contribution in [0.2, 0.25) is 0 Å². The van der Waals surface area contributed by atoms with Gasteiger partial charge in [0.05, 0.1) is 25.5 Å². The van der Waals surface area contributed by atoms with Gasteiger partial charge in [0.15, 0.2) is 0 Å². The molecule has 0 aromatic heterocycles. The van der Waals surface area contributed by atoms with Crippen molar-refractivity contribution in [2.75, 3.05) is 25.2 Å². The molecule has 0 aliphatic carbocycles. The van der Waals surface area contributed by atoms with E-state index in [1.54, 1.807) is 14.0 Å². The van der Waals surface area contributed by atoms with Crippen molar-refractivity contribution in [2.45, 2.75) is 26.3 Å². The number of rotatable bonds is 9. The van der Waals surface area contributed by atoms with Crippen LogP contribution in [0.3, 0.4) is 0 Å². The van der Waals surface area contributed by atoms with Crippen molar-refractivity contribution >= 4 is 17.7 Å². The van der Waals surface area contributed by atoms with Crippen molar-refractivity contribution in [1.82, 2.24) is 5.32 Å². The molecule has 1 amide bonds. The topological polar surface area (TPSA) is 71.3 Å². The van der Waals surface area contributed by atoms with E-state index in [0.717, 1.165) is 11.5 Å². The van der Waals surface area contributed by atoms with E-state index in [9.17, 15) is 10.1 Å². The fraction of sp³-hybridized carbons (Fsp3) is 0.529. The molecule has 0 aliphatic heterocycles. The fourth-order valence-electron chi connectivity index (χ4n) is 1.68. The number of ether oxygens (including phenoxy) is 2. The highest BCUT2D eigenvalue weighted by molar-refractivity contribution is 7.99. The minimum absolute atomic E-state index is 0.0554. The summed E-state index contributed by atoms with van der Waals surface area (Å²) < 4.78 is 10.7. The van der Waals surface area contributed by atoms with Crippen LogP contribution in [0.4, 0.5) is 0 Å². The van der Waals surface area contributed by atoms with Gasteiger partial charge in [0.25, 0.3) is 0 Å². The second-order valence-electron chi connectivity index (χ2n) is 5.59. The summed E-state index contributed by atoms with van der Waals surface area (Å²) in [7, 11) is 1.62. The SMILES string of the molecule is COc1ccc(OCCSCC(=O)N[C@](C)(C#N)C(C)C)cc1. The second-order valence-corrected chi connectivity index (χ2v) is 6.70. The number of nitriles is 1. The maximum absolute atomic E-state index is 11.9. The van der Waals surface area contributed by atoms with E-state index in [1.807, 2.05) is 38.1 Å². The third-order valence-electron chi connectivity index (χ3n) is 3.58. The Morgan fingerprint density at radius 1 is 1.35 bits per heavy atom. The molecule has 0 unspecified atom stereocenters. The van der Waals surface area contributed by atoms with Gasteiger partial charge in [0.1, 0.15) is 17.0 Å². The zero-order valence-electron chi connectivity index (χ0n) is 14.1. The number of methoxy groups -OCH3 is 1. The standard InChI is InChI=1S/C17H24N2O3S/c1-13(2)17(3,12-18)19-16(20)11-23-10-9-22-15-7-5-14(21-4)6-8-15/h5-8,13H,9-11H2,1-4H3,(H,19,20)/t17-/m1/s1. The summed E-state index contributed by atoms with van der Waals surface area (Å²) in [5, 5.41) is 12.0. The average Bonchev–Trinajstić information content (AvgIpc) is 2.54. The van der Waals surface area contributed by atoms with Crippen LogP contribution in [0, 0.1) is 17.2 Å². The fourth-order valence-corrected chi connectivity index (χ4v) is 2.29. The number of hydrogen-bond donors (Lipinski definition) is 1. The minimum atomic E-state index is -0.822. The molecule has 6 heteroatoms. The summed E-state index contributed by atoms with van der Waals surface area (Å²) in [5.41, 5.74) is -0.822. The van der Waals surface area contributed by atoms with E-state index in [0.29, 0.717) is 18.1 Å². The van der Waals surface area contributed by atoms with Crippen molar-refractivity contribution in [2.24, 2.45) is 5.92 Å². The molecule has 0 heterocycles. The monoisotopic (exact) mass is 336 g/mol. The zero-order valence-corrected chi connectivity index (χ0v) is 14.9. The molecular formula is C17H24N2O3S. The smallest absolute Gasteiger partial charge is 0.231 e. The molecule has 1 aromatic rings. The lowest BCUT2D eigenvalue weighted by atomic mass is 9.90. The highest BCUT2D eigenvalue weighted by Crippen LogP contribution is 2.18. The van der Waals surface area contributed by atoms with Crippen LogP contribution in [0.15, 0.2) is 24.3 Å². The quantitative estimate of drug-likeness (QED) is 0.702. The van der Waals surface area contributed by atoms with Crippen molar-refractivity contribution in [1.29, 1.82) is 5.26 Å². The zero-order chi connectivity index (χ0) is 17.3. The molecular weight excluding hydrogens is 312 g/mol. The molecule has 0 radical (unpaired) electrons. The van der Waals surface area contributed by atoms with Gasteiger partial charge in [-0.05, 0) is 37.1 Å². The van der Waals surface area contributed by atoms with Gasteiger partial charge >= 0.3 is 0 Å². The van der Waals surface area contributed by atoms with Crippen LogP contribution >= 0.6 is 11.8 Å². The Morgan fingerprint density at radius 3 is 2.48 bits per heavy atom. The maximum Gasteiger partial charge on any atom is 0.231 e. The number of thioether (sulfide) groups is 1. The molecule has 0 fully saturated rings. The van der Waals surface area contributed by atoms with Crippen LogP contribution in [0.25, 0.3) is 0 Å². The van der Waals surface area contributed by atoms with Gasteiger partial charge < -0.3 is 14.8 Å². The summed E-state index contributed by atoms with van der Waals surface area (Å²) in [6.07, 6.45) is 0. The number of nitrogens with one attached hydrogen (secondary N) is 1. The molecule has 1 N–H and O–H groups in total. The third-order valence-corrected chi connectivity index (χ3v) is 4.50. The predicted molar refractivity (Wildman–Crippen MR) is 92.8 cm³/mol. The van der Waals surface area contributed by atoms with Gasteiger partial charge in [0.2, 0.25) is 5.91 Å². The van der Waals surface area contributed by atoms with Gasteiger partial charge in [-0.3, -0.25) is 4.79 Å². The number of carbonyl (C=O) groups excluding carboxylic acids is 1. The Balaban J connectivity index is 2.24. The first kappa shape index (κ1) is 19.2. The number of amides is 1. The third kappa shape index (κ3) is 6.41. The molecule has 5 nitrogen and oxygen atoms in total. The van der Waals surface area contributed by atoms with Crippen molar-refractivity contribution in [3.63, 3.8) is 0 Å². The maximum atomic E-state index is 11.9. The summed E-state index contributed by atoms with van der Waals surface area (Å²) in [5.74, 6) is 2.50. The van der Waals surface area contributed by atoms with Crippen molar-refractivity contribution < 1.29 is 14.3 Å². The minimum Gasteiger partial charge on any atom is -0.497 e. The molecule has 0 saturated heterocycles. The van der Waals surface area contributed by atoms with E-state index < -0.39 is 5.54 Å². The van der Waals surface area contributed by atoms with Crippen LogP contribution < -0.4 is 14.8 Å². The van der Waals surface area contributed by atoms with Crippen LogP contribution in [-0.4, -0.2) is 36.7 Å². The molecule has 0 aliphatic rings. The summed E-state index contributed by atoms with van der Waals surface area (Å²) in [6.45, 7) is 6.09. The lowest BCUT2D eigenvalue weighted by Gasteiger charge is -2.27. The molecule has 1 atom stereocenters. The van der Waals surface area contributed by atoms with Crippen molar-refractivity contribution in [3.05, 3.63) is 24.3 Å². The first-order valence-corrected chi connectivity index (χ1v) is 8.63. The number of nitrogens with zero attached hydrogens (tertiary/aromatic N) is 1. The van der Waals surface area contributed by atoms with Crippen LogP contribution in [0.5, 0.6) is 11.5 Å². The van der Waals surface area contributed by atoms with E-state index in [4.69, 9.17) is 9.47 Å². The summed E-state index contributed by atoms with van der Waals surface area (Å²) in [6, 6.07) is 9.53. The van der Waals surface area contributed by atoms with E-state index >= 15 is 0 Å². The normalized spacial score (nSPS) is 13.0. The molecule has 126 valence electrons. The molecule has 0 spiro atoms. The molecule has 23 heavy (non-hydrogen) atoms. The van der Waals surface area contributed by atoms with Gasteiger partial charge in [-0.1, -0.05) is 13.8 Å².